The zero-order chi connectivity index (χ0) is 17.3. The highest BCUT2D eigenvalue weighted by molar-refractivity contribution is 5.85. The third-order valence-electron chi connectivity index (χ3n) is 6.04. The smallest absolute Gasteiger partial charge is 0.220 e. The largest absolute Gasteiger partial charge is 0.373 e. The molecule has 5 nitrogen and oxygen atoms in total. The number of carbonyl (C=O) groups excluding carboxylic acids is 1. The normalized spacial score (nSPS) is 34.5. The Morgan fingerprint density at radius 2 is 1.65 bits per heavy atom. The Bertz CT molecular complexity index is 442. The third kappa shape index (κ3) is 6.23. The summed E-state index contributed by atoms with van der Waals surface area (Å²) in [7, 11) is 0. The van der Waals surface area contributed by atoms with Gasteiger partial charge in [-0.05, 0) is 59.3 Å². The molecule has 2 bridgehead atoms. The number of carbonyl (C=O) groups is 1. The lowest BCUT2D eigenvalue weighted by molar-refractivity contribution is -0.124. The molecular formula is C19H37Cl2N3O2. The summed E-state index contributed by atoms with van der Waals surface area (Å²) in [6.45, 7) is 11.3. The molecule has 0 aromatic heterocycles. The van der Waals surface area contributed by atoms with Gasteiger partial charge in [0.05, 0.1) is 12.2 Å². The highest BCUT2D eigenvalue weighted by Gasteiger charge is 2.35. The van der Waals surface area contributed by atoms with Crippen LogP contribution in [-0.4, -0.2) is 60.3 Å². The van der Waals surface area contributed by atoms with E-state index in [0.29, 0.717) is 31.0 Å². The zero-order valence-corrected chi connectivity index (χ0v) is 18.3. The number of fused-ring (bicyclic) bond motifs is 2. The van der Waals surface area contributed by atoms with Crippen LogP contribution in [0.1, 0.15) is 59.8 Å². The van der Waals surface area contributed by atoms with Gasteiger partial charge in [-0.2, -0.15) is 0 Å². The number of piperidine rings is 1. The first-order valence-corrected chi connectivity index (χ1v) is 9.75. The molecule has 4 unspecified atom stereocenters. The number of rotatable bonds is 5. The van der Waals surface area contributed by atoms with Crippen LogP contribution in [-0.2, 0) is 9.53 Å². The molecule has 0 aromatic rings. The average Bonchev–Trinajstić information content (AvgIpc) is 2.83. The summed E-state index contributed by atoms with van der Waals surface area (Å²) in [5.41, 5.74) is -0.0326. The number of hydrogen-bond donors (Lipinski definition) is 2. The predicted molar refractivity (Wildman–Crippen MR) is 110 cm³/mol. The van der Waals surface area contributed by atoms with E-state index in [1.807, 2.05) is 0 Å². The van der Waals surface area contributed by atoms with Crippen molar-refractivity contribution in [2.75, 3.05) is 19.6 Å². The minimum Gasteiger partial charge on any atom is -0.373 e. The predicted octanol–water partition coefficient (Wildman–Crippen LogP) is 2.75. The second-order valence-electron chi connectivity index (χ2n) is 8.93. The molecule has 0 spiro atoms. The minimum atomic E-state index is -0.0326. The maximum absolute atomic E-state index is 12.4. The molecule has 0 aromatic carbocycles. The van der Waals surface area contributed by atoms with Crippen molar-refractivity contribution in [3.63, 3.8) is 0 Å². The van der Waals surface area contributed by atoms with Gasteiger partial charge in [0.2, 0.25) is 5.91 Å². The SMILES string of the molecule is CC1CN(C(C)(C)CNC(=O)CC2CC3CCC(C2)N3)CC(C)O1.Cl.Cl. The molecule has 3 aliphatic rings. The number of ether oxygens (including phenoxy) is 1. The zero-order valence-electron chi connectivity index (χ0n) is 16.6. The van der Waals surface area contributed by atoms with Crippen LogP contribution in [0.15, 0.2) is 0 Å². The maximum atomic E-state index is 12.4. The molecule has 4 atom stereocenters. The van der Waals surface area contributed by atoms with Crippen LogP contribution < -0.4 is 10.6 Å². The summed E-state index contributed by atoms with van der Waals surface area (Å²) in [5, 5.41) is 6.86. The monoisotopic (exact) mass is 409 g/mol. The number of amides is 1. The lowest BCUT2D eigenvalue weighted by Gasteiger charge is -2.45. The lowest BCUT2D eigenvalue weighted by Crippen LogP contribution is -2.58. The number of nitrogens with one attached hydrogen (secondary N) is 2. The maximum Gasteiger partial charge on any atom is 0.220 e. The molecule has 3 heterocycles. The Hall–Kier alpha value is -0.0700. The van der Waals surface area contributed by atoms with Crippen molar-refractivity contribution in [1.29, 1.82) is 0 Å². The van der Waals surface area contributed by atoms with Crippen molar-refractivity contribution in [3.8, 4) is 0 Å². The number of nitrogens with zero attached hydrogens (tertiary/aromatic N) is 1. The molecule has 0 aliphatic carbocycles. The summed E-state index contributed by atoms with van der Waals surface area (Å²) < 4.78 is 5.83. The molecule has 0 radical (unpaired) electrons. The van der Waals surface area contributed by atoms with E-state index < -0.39 is 0 Å². The van der Waals surface area contributed by atoms with E-state index in [0.717, 1.165) is 13.1 Å². The van der Waals surface area contributed by atoms with Crippen LogP contribution >= 0.6 is 24.8 Å². The van der Waals surface area contributed by atoms with Gasteiger partial charge < -0.3 is 15.4 Å². The molecule has 1 amide bonds. The molecular weight excluding hydrogens is 373 g/mol. The molecule has 3 saturated heterocycles. The van der Waals surface area contributed by atoms with Gasteiger partial charge in [0.25, 0.3) is 0 Å². The van der Waals surface area contributed by atoms with E-state index in [-0.39, 0.29) is 48.5 Å². The van der Waals surface area contributed by atoms with Gasteiger partial charge in [0, 0.05) is 43.7 Å². The second-order valence-corrected chi connectivity index (χ2v) is 8.93. The Balaban J connectivity index is 0.00000169. The van der Waals surface area contributed by atoms with Crippen molar-refractivity contribution in [2.24, 2.45) is 5.92 Å². The van der Waals surface area contributed by atoms with E-state index >= 15 is 0 Å². The summed E-state index contributed by atoms with van der Waals surface area (Å²) in [6, 6.07) is 1.32. The molecule has 7 heteroatoms. The minimum absolute atomic E-state index is 0. The average molecular weight is 410 g/mol. The van der Waals surface area contributed by atoms with E-state index in [1.165, 1.54) is 25.7 Å². The van der Waals surface area contributed by atoms with Crippen LogP contribution in [0.3, 0.4) is 0 Å². The Kier molecular flexibility index (Phi) is 9.15. The van der Waals surface area contributed by atoms with Crippen LogP contribution in [0, 0.1) is 5.92 Å². The Morgan fingerprint density at radius 1 is 1.12 bits per heavy atom. The Morgan fingerprint density at radius 3 is 2.19 bits per heavy atom. The van der Waals surface area contributed by atoms with Gasteiger partial charge in [-0.15, -0.1) is 24.8 Å². The Labute approximate surface area is 171 Å². The van der Waals surface area contributed by atoms with Gasteiger partial charge in [-0.25, -0.2) is 0 Å². The topological polar surface area (TPSA) is 53.6 Å². The van der Waals surface area contributed by atoms with E-state index in [9.17, 15) is 4.79 Å². The first-order valence-electron chi connectivity index (χ1n) is 9.75. The van der Waals surface area contributed by atoms with Gasteiger partial charge in [0.1, 0.15) is 0 Å². The highest BCUT2D eigenvalue weighted by Crippen LogP contribution is 2.32. The van der Waals surface area contributed by atoms with E-state index in [2.05, 4.69) is 43.2 Å². The summed E-state index contributed by atoms with van der Waals surface area (Å²) in [6.07, 6.45) is 6.15. The summed E-state index contributed by atoms with van der Waals surface area (Å²) in [4.78, 5) is 14.9. The summed E-state index contributed by atoms with van der Waals surface area (Å²) >= 11 is 0. The fraction of sp³-hybridized carbons (Fsp3) is 0.947. The summed E-state index contributed by atoms with van der Waals surface area (Å²) in [5.74, 6) is 0.791. The molecule has 3 rings (SSSR count). The fourth-order valence-corrected chi connectivity index (χ4v) is 4.77. The molecule has 3 aliphatic heterocycles. The standard InChI is InChI=1S/C19H35N3O2.2ClH/c1-13-10-22(11-14(2)24-13)19(3,4)12-20-18(23)9-15-7-16-5-6-17(8-15)21-16;;/h13-17,21H,5-12H2,1-4H3,(H,20,23);2*1H. The van der Waals surface area contributed by atoms with Crippen LogP contribution in [0.2, 0.25) is 0 Å². The van der Waals surface area contributed by atoms with Crippen LogP contribution in [0.4, 0.5) is 0 Å². The molecule has 26 heavy (non-hydrogen) atoms. The quantitative estimate of drug-likeness (QED) is 0.732. The first-order chi connectivity index (χ1) is 11.3. The third-order valence-corrected chi connectivity index (χ3v) is 6.04. The van der Waals surface area contributed by atoms with E-state index in [4.69, 9.17) is 4.74 Å². The first kappa shape index (κ1) is 24.0. The van der Waals surface area contributed by atoms with Crippen LogP contribution in [0.25, 0.3) is 0 Å². The van der Waals surface area contributed by atoms with Crippen molar-refractivity contribution < 1.29 is 9.53 Å². The van der Waals surface area contributed by atoms with Crippen LogP contribution in [0.5, 0.6) is 0 Å². The molecule has 3 fully saturated rings. The molecule has 154 valence electrons. The van der Waals surface area contributed by atoms with Gasteiger partial charge in [0.15, 0.2) is 0 Å². The van der Waals surface area contributed by atoms with E-state index in [1.54, 1.807) is 0 Å². The fourth-order valence-electron chi connectivity index (χ4n) is 4.77. The number of morpholine rings is 1. The van der Waals surface area contributed by atoms with Crippen molar-refractivity contribution >= 4 is 30.7 Å². The van der Waals surface area contributed by atoms with Gasteiger partial charge in [-0.1, -0.05) is 0 Å². The van der Waals surface area contributed by atoms with Crippen molar-refractivity contribution in [1.82, 2.24) is 15.5 Å². The van der Waals surface area contributed by atoms with Gasteiger partial charge >= 0.3 is 0 Å². The van der Waals surface area contributed by atoms with Crippen molar-refractivity contribution in [3.05, 3.63) is 0 Å². The van der Waals surface area contributed by atoms with Crippen molar-refractivity contribution in [2.45, 2.75) is 89.6 Å². The second kappa shape index (κ2) is 9.92. The highest BCUT2D eigenvalue weighted by atomic mass is 35.5. The lowest BCUT2D eigenvalue weighted by atomic mass is 9.89. The number of halogens is 2. The molecule has 0 saturated carbocycles. The molecule has 2 N–H and O–H groups in total. The number of hydrogen-bond acceptors (Lipinski definition) is 4. The van der Waals surface area contributed by atoms with Gasteiger partial charge in [-0.3, -0.25) is 9.69 Å².